The van der Waals surface area contributed by atoms with Gasteiger partial charge in [-0.2, -0.15) is 0 Å². The zero-order chi connectivity index (χ0) is 15.1. The summed E-state index contributed by atoms with van der Waals surface area (Å²) in [6, 6.07) is 7.61. The Morgan fingerprint density at radius 1 is 1.20 bits per heavy atom. The number of allylic oxidation sites excluding steroid dienone is 1. The first-order valence-corrected chi connectivity index (χ1v) is 6.76. The molecule has 0 aliphatic heterocycles. The van der Waals surface area contributed by atoms with E-state index in [2.05, 4.69) is 11.9 Å². The van der Waals surface area contributed by atoms with E-state index in [1.165, 1.54) is 6.92 Å². The fourth-order valence-corrected chi connectivity index (χ4v) is 1.86. The number of Topliss-reactive ketones (excluding diaryl/α,β-unsaturated/α-hetero) is 1. The number of hydrogen-bond acceptors (Lipinski definition) is 3. The second-order valence-electron chi connectivity index (χ2n) is 4.70. The Labute approximate surface area is 120 Å². The third kappa shape index (κ3) is 4.53. The number of rotatable bonds is 7. The van der Waals surface area contributed by atoms with Gasteiger partial charge in [0.1, 0.15) is 0 Å². The van der Waals surface area contributed by atoms with Gasteiger partial charge in [-0.15, -0.1) is 0 Å². The van der Waals surface area contributed by atoms with Gasteiger partial charge in [-0.1, -0.05) is 6.58 Å². The lowest BCUT2D eigenvalue weighted by Crippen LogP contribution is -2.30. The van der Waals surface area contributed by atoms with Gasteiger partial charge in [0.2, 0.25) is 5.91 Å². The smallest absolute Gasteiger partial charge is 0.223 e. The van der Waals surface area contributed by atoms with Gasteiger partial charge in [-0.05, 0) is 43.7 Å². The number of anilines is 2. The van der Waals surface area contributed by atoms with Gasteiger partial charge in [0.05, 0.1) is 0 Å². The summed E-state index contributed by atoms with van der Waals surface area (Å²) in [5.41, 5.74) is 2.34. The van der Waals surface area contributed by atoms with Gasteiger partial charge in [0.15, 0.2) is 5.78 Å². The van der Waals surface area contributed by atoms with Crippen LogP contribution < -0.4 is 10.2 Å². The minimum atomic E-state index is -0.0734. The van der Waals surface area contributed by atoms with Crippen LogP contribution in [0.3, 0.4) is 0 Å². The Bertz CT molecular complexity index is 492. The van der Waals surface area contributed by atoms with Crippen molar-refractivity contribution in [2.24, 2.45) is 0 Å². The second kappa shape index (κ2) is 7.48. The number of carbonyl (C=O) groups excluding carboxylic acids is 2. The minimum absolute atomic E-state index is 0.0134. The lowest BCUT2D eigenvalue weighted by molar-refractivity contribution is -0.117. The summed E-state index contributed by atoms with van der Waals surface area (Å²) in [5.74, 6) is -0.0868. The van der Waals surface area contributed by atoms with Crippen molar-refractivity contribution in [1.29, 1.82) is 0 Å². The molecule has 0 aliphatic rings. The topological polar surface area (TPSA) is 49.4 Å². The molecule has 1 N–H and O–H groups in total. The molecule has 4 heteroatoms. The van der Waals surface area contributed by atoms with Gasteiger partial charge in [0.25, 0.3) is 0 Å². The lowest BCUT2D eigenvalue weighted by atomic mass is 10.1. The molecule has 0 aromatic heterocycles. The normalized spacial score (nSPS) is 9.95. The summed E-state index contributed by atoms with van der Waals surface area (Å²) in [5, 5.41) is 3.20. The standard InChI is InChI=1S/C16H22N2O2/c1-5-17-14-6-8-15(9-7-14)18(13(4)19)11-10-16(20)12(2)3/h6-9,17H,2,5,10-11H2,1,3-4H3. The number of ketones is 1. The van der Waals surface area contributed by atoms with Crippen LogP contribution in [-0.4, -0.2) is 24.8 Å². The molecule has 20 heavy (non-hydrogen) atoms. The summed E-state index contributed by atoms with van der Waals surface area (Å²) in [4.78, 5) is 24.9. The summed E-state index contributed by atoms with van der Waals surface area (Å²) in [7, 11) is 0. The van der Waals surface area contributed by atoms with E-state index in [1.54, 1.807) is 11.8 Å². The molecule has 1 amide bonds. The van der Waals surface area contributed by atoms with Crippen LogP contribution in [0.5, 0.6) is 0 Å². The molecule has 0 spiro atoms. The Kier molecular flexibility index (Phi) is 5.97. The first kappa shape index (κ1) is 16.0. The maximum atomic E-state index is 11.7. The third-order valence-electron chi connectivity index (χ3n) is 2.98. The number of nitrogens with zero attached hydrogens (tertiary/aromatic N) is 1. The number of carbonyl (C=O) groups is 2. The molecule has 0 heterocycles. The van der Waals surface area contributed by atoms with Crippen LogP contribution in [0.4, 0.5) is 11.4 Å². The second-order valence-corrected chi connectivity index (χ2v) is 4.70. The Balaban J connectivity index is 2.77. The lowest BCUT2D eigenvalue weighted by Gasteiger charge is -2.21. The zero-order valence-electron chi connectivity index (χ0n) is 12.4. The predicted molar refractivity (Wildman–Crippen MR) is 83.1 cm³/mol. The molecule has 0 aliphatic carbocycles. The maximum Gasteiger partial charge on any atom is 0.223 e. The average molecular weight is 274 g/mol. The highest BCUT2D eigenvalue weighted by atomic mass is 16.2. The van der Waals surface area contributed by atoms with Crippen LogP contribution >= 0.6 is 0 Å². The molecule has 0 unspecified atom stereocenters. The highest BCUT2D eigenvalue weighted by Gasteiger charge is 2.13. The van der Waals surface area contributed by atoms with Crippen LogP contribution in [0, 0.1) is 0 Å². The molecule has 0 radical (unpaired) electrons. The SMILES string of the molecule is C=C(C)C(=O)CCN(C(C)=O)c1ccc(NCC)cc1. The molecule has 4 nitrogen and oxygen atoms in total. The van der Waals surface area contributed by atoms with Crippen LogP contribution in [0.25, 0.3) is 0 Å². The molecule has 0 saturated heterocycles. The highest BCUT2D eigenvalue weighted by Crippen LogP contribution is 2.18. The van der Waals surface area contributed by atoms with Crippen LogP contribution in [0.2, 0.25) is 0 Å². The monoisotopic (exact) mass is 274 g/mol. The summed E-state index contributed by atoms with van der Waals surface area (Å²) >= 11 is 0. The Hall–Kier alpha value is -2.10. The van der Waals surface area contributed by atoms with E-state index >= 15 is 0 Å². The average Bonchev–Trinajstić information content (AvgIpc) is 2.40. The minimum Gasteiger partial charge on any atom is -0.385 e. The predicted octanol–water partition coefficient (Wildman–Crippen LogP) is 3.01. The first-order chi connectivity index (χ1) is 9.45. The van der Waals surface area contributed by atoms with Crippen molar-refractivity contribution in [3.05, 3.63) is 36.4 Å². The van der Waals surface area contributed by atoms with Crippen LogP contribution in [0.15, 0.2) is 36.4 Å². The van der Waals surface area contributed by atoms with E-state index in [9.17, 15) is 9.59 Å². The molecule has 0 bridgehead atoms. The quantitative estimate of drug-likeness (QED) is 0.778. The molecule has 1 aromatic carbocycles. The Morgan fingerprint density at radius 2 is 1.80 bits per heavy atom. The van der Waals surface area contributed by atoms with Gasteiger partial charge in [-0.25, -0.2) is 0 Å². The molecule has 0 fully saturated rings. The summed E-state index contributed by atoms with van der Waals surface area (Å²) < 4.78 is 0. The van der Waals surface area contributed by atoms with E-state index in [1.807, 2.05) is 31.2 Å². The van der Waals surface area contributed by atoms with Crippen molar-refractivity contribution in [3.8, 4) is 0 Å². The molecular formula is C16H22N2O2. The largest absolute Gasteiger partial charge is 0.385 e. The van der Waals surface area contributed by atoms with Crippen molar-refractivity contribution in [2.45, 2.75) is 27.2 Å². The first-order valence-electron chi connectivity index (χ1n) is 6.76. The number of amides is 1. The molecular weight excluding hydrogens is 252 g/mol. The molecule has 1 aromatic rings. The fourth-order valence-electron chi connectivity index (χ4n) is 1.86. The summed E-state index contributed by atoms with van der Waals surface area (Å²) in [6.45, 7) is 10.1. The number of hydrogen-bond donors (Lipinski definition) is 1. The Morgan fingerprint density at radius 3 is 2.25 bits per heavy atom. The zero-order valence-corrected chi connectivity index (χ0v) is 12.4. The molecule has 0 saturated carbocycles. The van der Waals surface area contributed by atoms with E-state index in [0.29, 0.717) is 18.5 Å². The molecule has 0 atom stereocenters. The van der Waals surface area contributed by atoms with Crippen molar-refractivity contribution in [3.63, 3.8) is 0 Å². The van der Waals surface area contributed by atoms with Crippen LogP contribution in [-0.2, 0) is 9.59 Å². The number of nitrogens with one attached hydrogen (secondary N) is 1. The summed E-state index contributed by atoms with van der Waals surface area (Å²) in [6.07, 6.45) is 0.296. The van der Waals surface area contributed by atoms with Crippen molar-refractivity contribution in [2.75, 3.05) is 23.3 Å². The van der Waals surface area contributed by atoms with Crippen LogP contribution in [0.1, 0.15) is 27.2 Å². The van der Waals surface area contributed by atoms with Crippen molar-refractivity contribution in [1.82, 2.24) is 0 Å². The van der Waals surface area contributed by atoms with Gasteiger partial charge < -0.3 is 10.2 Å². The van der Waals surface area contributed by atoms with E-state index in [0.717, 1.165) is 17.9 Å². The third-order valence-corrected chi connectivity index (χ3v) is 2.98. The highest BCUT2D eigenvalue weighted by molar-refractivity contribution is 5.96. The van der Waals surface area contributed by atoms with E-state index in [4.69, 9.17) is 0 Å². The van der Waals surface area contributed by atoms with E-state index < -0.39 is 0 Å². The molecule has 108 valence electrons. The van der Waals surface area contributed by atoms with Crippen molar-refractivity contribution < 1.29 is 9.59 Å². The maximum absolute atomic E-state index is 11.7. The van der Waals surface area contributed by atoms with Crippen molar-refractivity contribution >= 4 is 23.1 Å². The number of benzene rings is 1. The fraction of sp³-hybridized carbons (Fsp3) is 0.375. The van der Waals surface area contributed by atoms with Gasteiger partial charge in [-0.3, -0.25) is 9.59 Å². The van der Waals surface area contributed by atoms with E-state index in [-0.39, 0.29) is 11.7 Å². The van der Waals surface area contributed by atoms with Gasteiger partial charge >= 0.3 is 0 Å². The van der Waals surface area contributed by atoms with Gasteiger partial charge in [0, 0.05) is 37.8 Å². The molecule has 1 rings (SSSR count).